The molecule has 0 saturated carbocycles. The van der Waals surface area contributed by atoms with E-state index in [4.69, 9.17) is 5.11 Å². The van der Waals surface area contributed by atoms with Crippen LogP contribution < -0.4 is 0 Å². The van der Waals surface area contributed by atoms with Gasteiger partial charge in [0.2, 0.25) is 0 Å². The Kier molecular flexibility index (Phi) is 5.23. The SMILES string of the molecule is CC.Cc1ccc(S)c(C(=O)O)c1. The summed E-state index contributed by atoms with van der Waals surface area (Å²) in [5, 5.41) is 8.64. The van der Waals surface area contributed by atoms with Crippen molar-refractivity contribution in [3.63, 3.8) is 0 Å². The van der Waals surface area contributed by atoms with Gasteiger partial charge < -0.3 is 5.11 Å². The number of benzene rings is 1. The van der Waals surface area contributed by atoms with Crippen LogP contribution in [0.2, 0.25) is 0 Å². The predicted octanol–water partition coefficient (Wildman–Crippen LogP) is 3.01. The van der Waals surface area contributed by atoms with Crippen LogP contribution in [0.1, 0.15) is 29.8 Å². The average Bonchev–Trinajstić information content (AvgIpc) is 2.12. The van der Waals surface area contributed by atoms with Crippen molar-refractivity contribution < 1.29 is 9.90 Å². The Balaban J connectivity index is 0.000000671. The van der Waals surface area contributed by atoms with Crippen LogP contribution in [0.3, 0.4) is 0 Å². The minimum atomic E-state index is -0.932. The summed E-state index contributed by atoms with van der Waals surface area (Å²) in [4.78, 5) is 11.0. The first kappa shape index (κ1) is 12.0. The van der Waals surface area contributed by atoms with Crippen molar-refractivity contribution in [3.05, 3.63) is 29.3 Å². The molecular formula is C10H14O2S. The van der Waals surface area contributed by atoms with E-state index in [0.29, 0.717) is 4.90 Å². The van der Waals surface area contributed by atoms with E-state index < -0.39 is 5.97 Å². The van der Waals surface area contributed by atoms with Crippen LogP contribution in [0.4, 0.5) is 0 Å². The topological polar surface area (TPSA) is 37.3 Å². The minimum Gasteiger partial charge on any atom is -0.478 e. The molecule has 0 amide bonds. The zero-order valence-corrected chi connectivity index (χ0v) is 8.93. The largest absolute Gasteiger partial charge is 0.478 e. The van der Waals surface area contributed by atoms with Crippen molar-refractivity contribution in [2.45, 2.75) is 25.7 Å². The maximum absolute atomic E-state index is 10.5. The third-order valence-electron chi connectivity index (χ3n) is 1.38. The van der Waals surface area contributed by atoms with Crippen molar-refractivity contribution in [2.24, 2.45) is 0 Å². The number of carboxylic acids is 1. The summed E-state index contributed by atoms with van der Waals surface area (Å²) in [6, 6.07) is 5.11. The maximum atomic E-state index is 10.5. The summed E-state index contributed by atoms with van der Waals surface area (Å²) in [6.07, 6.45) is 0. The van der Waals surface area contributed by atoms with E-state index in [1.54, 1.807) is 12.1 Å². The second-order valence-electron chi connectivity index (χ2n) is 2.33. The lowest BCUT2D eigenvalue weighted by Gasteiger charge is -1.99. The lowest BCUT2D eigenvalue weighted by Crippen LogP contribution is -1.97. The molecule has 0 unspecified atom stereocenters. The molecule has 3 heteroatoms. The highest BCUT2D eigenvalue weighted by atomic mass is 32.1. The monoisotopic (exact) mass is 198 g/mol. The highest BCUT2D eigenvalue weighted by Crippen LogP contribution is 2.14. The van der Waals surface area contributed by atoms with Gasteiger partial charge in [0.1, 0.15) is 0 Å². The molecule has 72 valence electrons. The van der Waals surface area contributed by atoms with Gasteiger partial charge in [0.25, 0.3) is 0 Å². The first-order valence-corrected chi connectivity index (χ1v) is 4.59. The molecule has 0 aliphatic rings. The smallest absolute Gasteiger partial charge is 0.336 e. The lowest BCUT2D eigenvalue weighted by molar-refractivity contribution is 0.0693. The number of carbonyl (C=O) groups is 1. The molecule has 1 aromatic carbocycles. The third-order valence-corrected chi connectivity index (χ3v) is 1.77. The fourth-order valence-corrected chi connectivity index (χ4v) is 1.06. The normalized spacial score (nSPS) is 8.62. The van der Waals surface area contributed by atoms with Gasteiger partial charge in [-0.2, -0.15) is 0 Å². The second kappa shape index (κ2) is 5.65. The van der Waals surface area contributed by atoms with E-state index >= 15 is 0 Å². The van der Waals surface area contributed by atoms with Crippen LogP contribution in [-0.2, 0) is 0 Å². The molecule has 1 rings (SSSR count). The summed E-state index contributed by atoms with van der Waals surface area (Å²) >= 11 is 4.00. The molecule has 0 aliphatic heterocycles. The zero-order valence-electron chi connectivity index (χ0n) is 8.03. The molecule has 13 heavy (non-hydrogen) atoms. The third kappa shape index (κ3) is 3.51. The quantitative estimate of drug-likeness (QED) is 0.681. The fourth-order valence-electron chi connectivity index (χ4n) is 0.821. The van der Waals surface area contributed by atoms with Crippen molar-refractivity contribution in [1.82, 2.24) is 0 Å². The Morgan fingerprint density at radius 1 is 1.38 bits per heavy atom. The van der Waals surface area contributed by atoms with Gasteiger partial charge in [0.15, 0.2) is 0 Å². The molecule has 0 aromatic heterocycles. The van der Waals surface area contributed by atoms with Crippen LogP contribution in [0.25, 0.3) is 0 Å². The summed E-state index contributed by atoms with van der Waals surface area (Å²) in [7, 11) is 0. The molecule has 0 atom stereocenters. The minimum absolute atomic E-state index is 0.258. The summed E-state index contributed by atoms with van der Waals surface area (Å²) in [5.74, 6) is -0.932. The highest BCUT2D eigenvalue weighted by Gasteiger charge is 2.05. The number of hydrogen-bond donors (Lipinski definition) is 2. The van der Waals surface area contributed by atoms with E-state index in [9.17, 15) is 4.79 Å². The lowest BCUT2D eigenvalue weighted by atomic mass is 10.1. The van der Waals surface area contributed by atoms with E-state index in [1.165, 1.54) is 0 Å². The van der Waals surface area contributed by atoms with Gasteiger partial charge in [0, 0.05) is 4.90 Å². The van der Waals surface area contributed by atoms with Gasteiger partial charge in [-0.1, -0.05) is 25.5 Å². The molecule has 0 fully saturated rings. The van der Waals surface area contributed by atoms with Crippen LogP contribution in [-0.4, -0.2) is 11.1 Å². The number of thiol groups is 1. The zero-order chi connectivity index (χ0) is 10.4. The number of aromatic carboxylic acids is 1. The Morgan fingerprint density at radius 3 is 2.31 bits per heavy atom. The van der Waals surface area contributed by atoms with Gasteiger partial charge in [-0.15, -0.1) is 12.6 Å². The Morgan fingerprint density at radius 2 is 1.92 bits per heavy atom. The molecule has 0 radical (unpaired) electrons. The fraction of sp³-hybridized carbons (Fsp3) is 0.300. The van der Waals surface area contributed by atoms with Gasteiger partial charge in [0.05, 0.1) is 5.56 Å². The van der Waals surface area contributed by atoms with Crippen molar-refractivity contribution >= 4 is 18.6 Å². The van der Waals surface area contributed by atoms with Crippen LogP contribution in [0.15, 0.2) is 23.1 Å². The Hall–Kier alpha value is -0.960. The van der Waals surface area contributed by atoms with E-state index in [-0.39, 0.29) is 5.56 Å². The first-order valence-electron chi connectivity index (χ1n) is 4.14. The number of rotatable bonds is 1. The predicted molar refractivity (Wildman–Crippen MR) is 56.7 cm³/mol. The molecule has 1 N–H and O–H groups in total. The maximum Gasteiger partial charge on any atom is 0.336 e. The second-order valence-corrected chi connectivity index (χ2v) is 2.81. The van der Waals surface area contributed by atoms with E-state index in [1.807, 2.05) is 26.8 Å². The standard InChI is InChI=1S/C8H8O2S.C2H6/c1-5-2-3-7(11)6(4-5)8(9)10;1-2/h2-4,11H,1H3,(H,9,10);1-2H3. The van der Waals surface area contributed by atoms with Crippen molar-refractivity contribution in [1.29, 1.82) is 0 Å². The number of aryl methyl sites for hydroxylation is 1. The molecule has 0 bridgehead atoms. The van der Waals surface area contributed by atoms with Crippen molar-refractivity contribution in [2.75, 3.05) is 0 Å². The van der Waals surface area contributed by atoms with Crippen LogP contribution in [0.5, 0.6) is 0 Å². The van der Waals surface area contributed by atoms with E-state index in [2.05, 4.69) is 12.6 Å². The molecular weight excluding hydrogens is 184 g/mol. The summed E-state index contributed by atoms with van der Waals surface area (Å²) in [6.45, 7) is 5.85. The van der Waals surface area contributed by atoms with Gasteiger partial charge in [-0.05, 0) is 19.1 Å². The molecule has 1 aromatic rings. The first-order chi connectivity index (χ1) is 6.11. The molecule has 0 saturated heterocycles. The van der Waals surface area contributed by atoms with Crippen molar-refractivity contribution in [3.8, 4) is 0 Å². The Bertz CT molecular complexity index is 295. The Labute approximate surface area is 84.0 Å². The van der Waals surface area contributed by atoms with Crippen LogP contribution >= 0.6 is 12.6 Å². The number of hydrogen-bond acceptors (Lipinski definition) is 2. The summed E-state index contributed by atoms with van der Waals surface area (Å²) < 4.78 is 0. The van der Waals surface area contributed by atoms with E-state index in [0.717, 1.165) is 5.56 Å². The molecule has 0 aliphatic carbocycles. The number of carboxylic acid groups (broad SMARTS) is 1. The van der Waals surface area contributed by atoms with Crippen LogP contribution in [0, 0.1) is 6.92 Å². The molecule has 0 spiro atoms. The van der Waals surface area contributed by atoms with Gasteiger partial charge >= 0.3 is 5.97 Å². The molecule has 0 heterocycles. The molecule has 2 nitrogen and oxygen atoms in total. The average molecular weight is 198 g/mol. The summed E-state index contributed by atoms with van der Waals surface area (Å²) in [5.41, 5.74) is 1.19. The highest BCUT2D eigenvalue weighted by molar-refractivity contribution is 7.80. The van der Waals surface area contributed by atoms with Gasteiger partial charge in [-0.25, -0.2) is 4.79 Å². The van der Waals surface area contributed by atoms with Gasteiger partial charge in [-0.3, -0.25) is 0 Å².